The van der Waals surface area contributed by atoms with E-state index in [1.807, 2.05) is 0 Å². The predicted octanol–water partition coefficient (Wildman–Crippen LogP) is 2.60. The van der Waals surface area contributed by atoms with E-state index in [1.54, 1.807) is 54.6 Å². The predicted molar refractivity (Wildman–Crippen MR) is 131 cm³/mol. The van der Waals surface area contributed by atoms with Crippen molar-refractivity contribution in [3.05, 3.63) is 93.1 Å². The van der Waals surface area contributed by atoms with Crippen LogP contribution in [0.2, 0.25) is 0 Å². The molecule has 0 fully saturated rings. The molecule has 0 aliphatic rings. The molecule has 1 heterocycles. The molecule has 1 aromatic heterocycles. The number of aromatic nitrogens is 2. The molecule has 3 N–H and O–H groups in total. The fourth-order valence-electron chi connectivity index (χ4n) is 3.55. The molecular weight excluding hydrogens is 452 g/mol. The molecule has 4 aromatic rings. The molecule has 0 spiro atoms. The first-order valence-corrected chi connectivity index (χ1v) is 10.6. The Morgan fingerprint density at radius 1 is 0.857 bits per heavy atom. The summed E-state index contributed by atoms with van der Waals surface area (Å²) in [6, 6.07) is 18.2. The lowest BCUT2D eigenvalue weighted by Gasteiger charge is -2.16. The summed E-state index contributed by atoms with van der Waals surface area (Å²) >= 11 is 0. The molecule has 10 nitrogen and oxygen atoms in total. The van der Waals surface area contributed by atoms with E-state index in [9.17, 15) is 19.2 Å². The first kappa shape index (κ1) is 23.3. The van der Waals surface area contributed by atoms with E-state index in [2.05, 4.69) is 15.6 Å². The number of amides is 2. The van der Waals surface area contributed by atoms with E-state index in [0.717, 1.165) is 4.57 Å². The van der Waals surface area contributed by atoms with Crippen molar-refractivity contribution in [1.82, 2.24) is 9.55 Å². The van der Waals surface area contributed by atoms with Gasteiger partial charge in [0.25, 0.3) is 11.5 Å². The van der Waals surface area contributed by atoms with Crippen LogP contribution in [0.3, 0.4) is 0 Å². The van der Waals surface area contributed by atoms with Crippen molar-refractivity contribution >= 4 is 34.1 Å². The van der Waals surface area contributed by atoms with Crippen molar-refractivity contribution in [3.63, 3.8) is 0 Å². The fraction of sp³-hybridized carbons (Fsp3) is 0.120. The molecule has 0 aliphatic carbocycles. The molecule has 2 amide bonds. The number of nitrogens with one attached hydrogen (secondary N) is 3. The topological polar surface area (TPSA) is 132 Å². The average molecular weight is 474 g/mol. The Balaban J connectivity index is 1.59. The Hall–Kier alpha value is -4.86. The summed E-state index contributed by atoms with van der Waals surface area (Å²) in [6.07, 6.45) is 0. The second-order valence-corrected chi connectivity index (χ2v) is 7.49. The van der Waals surface area contributed by atoms with Gasteiger partial charge in [-0.1, -0.05) is 30.3 Å². The van der Waals surface area contributed by atoms with Crippen LogP contribution in [0.25, 0.3) is 10.9 Å². The lowest BCUT2D eigenvalue weighted by atomic mass is 10.2. The Morgan fingerprint density at radius 3 is 2.11 bits per heavy atom. The minimum absolute atomic E-state index is 0.234. The molecule has 3 aromatic carbocycles. The van der Waals surface area contributed by atoms with Crippen molar-refractivity contribution in [2.45, 2.75) is 6.54 Å². The number of anilines is 2. The molecular formula is C25H22N4O6. The Morgan fingerprint density at radius 2 is 1.46 bits per heavy atom. The molecule has 178 valence electrons. The van der Waals surface area contributed by atoms with Gasteiger partial charge in [-0.15, -0.1) is 0 Å². The summed E-state index contributed by atoms with van der Waals surface area (Å²) in [6.45, 7) is -0.517. The maximum absolute atomic E-state index is 12.7. The highest BCUT2D eigenvalue weighted by Crippen LogP contribution is 2.36. The second-order valence-electron chi connectivity index (χ2n) is 7.49. The molecule has 0 aliphatic heterocycles. The zero-order valence-electron chi connectivity index (χ0n) is 19.0. The van der Waals surface area contributed by atoms with Crippen LogP contribution in [0, 0.1) is 0 Å². The van der Waals surface area contributed by atoms with Crippen LogP contribution in [0.1, 0.15) is 10.4 Å². The highest BCUT2D eigenvalue weighted by Gasteiger charge is 2.17. The van der Waals surface area contributed by atoms with E-state index >= 15 is 0 Å². The molecule has 0 bridgehead atoms. The number of para-hydroxylation sites is 1. The summed E-state index contributed by atoms with van der Waals surface area (Å²) in [7, 11) is 2.82. The van der Waals surface area contributed by atoms with Gasteiger partial charge in [0.1, 0.15) is 18.0 Å². The third-order valence-electron chi connectivity index (χ3n) is 5.27. The van der Waals surface area contributed by atoms with Gasteiger partial charge in [-0.25, -0.2) is 4.79 Å². The lowest BCUT2D eigenvalue weighted by molar-refractivity contribution is -0.116. The molecule has 10 heteroatoms. The van der Waals surface area contributed by atoms with Gasteiger partial charge in [0, 0.05) is 17.7 Å². The number of nitrogens with zero attached hydrogens (tertiary/aromatic N) is 1. The number of hydrogen-bond donors (Lipinski definition) is 3. The van der Waals surface area contributed by atoms with E-state index in [1.165, 1.54) is 26.4 Å². The number of fused-ring (bicyclic) bond motifs is 1. The molecule has 35 heavy (non-hydrogen) atoms. The molecule has 4 rings (SSSR count). The van der Waals surface area contributed by atoms with Crippen molar-refractivity contribution in [3.8, 4) is 11.5 Å². The van der Waals surface area contributed by atoms with Gasteiger partial charge in [-0.05, 0) is 24.3 Å². The molecule has 0 unspecified atom stereocenters. The van der Waals surface area contributed by atoms with Crippen LogP contribution >= 0.6 is 0 Å². The van der Waals surface area contributed by atoms with Crippen molar-refractivity contribution < 1.29 is 19.1 Å². The standard InChI is InChI=1S/C25H22N4O6/c1-34-20-13-19(27-23(31)15-8-4-3-5-9-15)21(35-2)12-18(20)26-22(30)14-29-24(32)16-10-6-7-11-17(16)28-25(29)33/h3-13H,14H2,1-2H3,(H,26,30)(H,27,31)(H,28,33). The number of hydrogen-bond acceptors (Lipinski definition) is 6. The van der Waals surface area contributed by atoms with Crippen molar-refractivity contribution in [1.29, 1.82) is 0 Å². The zero-order chi connectivity index (χ0) is 24.9. The van der Waals surface area contributed by atoms with Gasteiger partial charge >= 0.3 is 5.69 Å². The van der Waals surface area contributed by atoms with E-state index in [0.29, 0.717) is 16.8 Å². The Labute approximate surface area is 199 Å². The second kappa shape index (κ2) is 9.96. The van der Waals surface area contributed by atoms with Crippen LogP contribution in [0.5, 0.6) is 11.5 Å². The van der Waals surface area contributed by atoms with Crippen molar-refractivity contribution in [2.75, 3.05) is 24.9 Å². The minimum Gasteiger partial charge on any atom is -0.494 e. The van der Waals surface area contributed by atoms with E-state index < -0.39 is 23.7 Å². The first-order valence-electron chi connectivity index (χ1n) is 10.6. The molecule has 0 saturated heterocycles. The van der Waals surface area contributed by atoms with Gasteiger partial charge in [0.2, 0.25) is 5.91 Å². The number of carbonyl (C=O) groups excluding carboxylic acids is 2. The molecule has 0 atom stereocenters. The maximum atomic E-state index is 12.7. The number of methoxy groups -OCH3 is 2. The summed E-state index contributed by atoms with van der Waals surface area (Å²) < 4.78 is 11.6. The van der Waals surface area contributed by atoms with Gasteiger partial charge in [-0.2, -0.15) is 0 Å². The first-order chi connectivity index (χ1) is 16.9. The summed E-state index contributed by atoms with van der Waals surface area (Å²) in [5, 5.41) is 5.68. The van der Waals surface area contributed by atoms with Crippen LogP contribution in [-0.2, 0) is 11.3 Å². The maximum Gasteiger partial charge on any atom is 0.329 e. The number of aromatic amines is 1. The van der Waals surface area contributed by atoms with E-state index in [-0.39, 0.29) is 28.5 Å². The normalized spacial score (nSPS) is 10.6. The Kier molecular flexibility index (Phi) is 6.63. The third-order valence-corrected chi connectivity index (χ3v) is 5.27. The number of rotatable bonds is 7. The average Bonchev–Trinajstić information content (AvgIpc) is 2.87. The zero-order valence-corrected chi connectivity index (χ0v) is 19.0. The number of benzene rings is 3. The SMILES string of the molecule is COc1cc(NC(=O)c2ccccc2)c(OC)cc1NC(=O)Cn1c(=O)[nH]c2ccccc2c1=O. The van der Waals surface area contributed by atoms with Gasteiger partial charge in [0.05, 0.1) is 36.5 Å². The number of H-pyrrole nitrogens is 1. The van der Waals surface area contributed by atoms with Crippen molar-refractivity contribution in [2.24, 2.45) is 0 Å². The smallest absolute Gasteiger partial charge is 0.329 e. The van der Waals surface area contributed by atoms with Crippen LogP contribution in [-0.4, -0.2) is 35.6 Å². The van der Waals surface area contributed by atoms with E-state index in [4.69, 9.17) is 9.47 Å². The lowest BCUT2D eigenvalue weighted by Crippen LogP contribution is -2.38. The van der Waals surface area contributed by atoms with Gasteiger partial charge < -0.3 is 25.1 Å². The van der Waals surface area contributed by atoms with Crippen LogP contribution in [0.15, 0.2) is 76.3 Å². The summed E-state index contributed by atoms with van der Waals surface area (Å²) in [5.41, 5.74) is 0.127. The fourth-order valence-corrected chi connectivity index (χ4v) is 3.55. The highest BCUT2D eigenvalue weighted by molar-refractivity contribution is 6.05. The van der Waals surface area contributed by atoms with Gasteiger partial charge in [-0.3, -0.25) is 19.0 Å². The summed E-state index contributed by atoms with van der Waals surface area (Å²) in [4.78, 5) is 53.0. The highest BCUT2D eigenvalue weighted by atomic mass is 16.5. The van der Waals surface area contributed by atoms with Crippen LogP contribution < -0.4 is 31.4 Å². The Bertz CT molecular complexity index is 1530. The summed E-state index contributed by atoms with van der Waals surface area (Å²) in [5.74, 6) is -0.472. The van der Waals surface area contributed by atoms with Gasteiger partial charge in [0.15, 0.2) is 0 Å². The third kappa shape index (κ3) is 4.91. The number of carbonyl (C=O) groups is 2. The molecule has 0 radical (unpaired) electrons. The quantitative estimate of drug-likeness (QED) is 0.377. The molecule has 0 saturated carbocycles. The number of ether oxygens (including phenoxy) is 2. The minimum atomic E-state index is -0.702. The van der Waals surface area contributed by atoms with Crippen LogP contribution in [0.4, 0.5) is 11.4 Å². The monoisotopic (exact) mass is 474 g/mol. The largest absolute Gasteiger partial charge is 0.494 e.